The Hall–Kier alpha value is -0.590. The van der Waals surface area contributed by atoms with Gasteiger partial charge in [-0.2, -0.15) is 4.98 Å². The summed E-state index contributed by atoms with van der Waals surface area (Å²) in [4.78, 5) is 7.65. The number of rotatable bonds is 1. The topological polar surface area (TPSA) is 61.0 Å². The Kier molecular flexibility index (Phi) is 2.25. The van der Waals surface area contributed by atoms with Gasteiger partial charge in [-0.25, -0.2) is 4.98 Å². The minimum atomic E-state index is 0.240. The average Bonchev–Trinajstić information content (AvgIpc) is 1.85. The molecule has 1 aromatic heterocycles. The molecule has 5 heteroatoms. The number of aromatic nitrogens is 2. The maximum atomic E-state index is 5.33. The number of nitrogen functional groups attached to an aromatic ring is 1. The van der Waals surface area contributed by atoms with Gasteiger partial charge < -0.3 is 10.5 Å². The van der Waals surface area contributed by atoms with Gasteiger partial charge in [-0.15, -0.1) is 0 Å². The number of hydrogen-bond donors (Lipinski definition) is 1. The van der Waals surface area contributed by atoms with Crippen molar-refractivity contribution in [1.82, 2.24) is 9.97 Å². The Morgan fingerprint density at radius 1 is 1.60 bits per heavy atom. The quantitative estimate of drug-likeness (QED) is 0.588. The lowest BCUT2D eigenvalue weighted by Crippen LogP contribution is -1.98. The summed E-state index contributed by atoms with van der Waals surface area (Å²) >= 11 is 2.04. The number of hydrogen-bond acceptors (Lipinski definition) is 4. The summed E-state index contributed by atoms with van der Waals surface area (Å²) in [6.45, 7) is 0. The maximum Gasteiger partial charge on any atom is 0.224 e. The molecule has 0 fully saturated rings. The van der Waals surface area contributed by atoms with Gasteiger partial charge in [0.05, 0.1) is 7.11 Å². The van der Waals surface area contributed by atoms with E-state index in [0.29, 0.717) is 5.88 Å². The number of anilines is 1. The van der Waals surface area contributed by atoms with E-state index in [2.05, 4.69) is 9.97 Å². The van der Waals surface area contributed by atoms with Gasteiger partial charge in [0.2, 0.25) is 11.8 Å². The van der Waals surface area contributed by atoms with E-state index in [9.17, 15) is 0 Å². The van der Waals surface area contributed by atoms with Crippen molar-refractivity contribution in [3.8, 4) is 5.88 Å². The van der Waals surface area contributed by atoms with Crippen molar-refractivity contribution in [2.75, 3.05) is 12.8 Å². The summed E-state index contributed by atoms with van der Waals surface area (Å²) in [6, 6.07) is 1.71. The van der Waals surface area contributed by atoms with E-state index in [1.54, 1.807) is 6.07 Å². The van der Waals surface area contributed by atoms with Crippen molar-refractivity contribution in [1.29, 1.82) is 0 Å². The van der Waals surface area contributed by atoms with Crippen LogP contribution in [0.1, 0.15) is 0 Å². The first-order chi connectivity index (χ1) is 4.72. The smallest absolute Gasteiger partial charge is 0.224 e. The van der Waals surface area contributed by atoms with E-state index in [1.807, 2.05) is 22.6 Å². The van der Waals surface area contributed by atoms with Gasteiger partial charge in [0.15, 0.2) is 0 Å². The molecule has 1 rings (SSSR count). The second-order valence-electron chi connectivity index (χ2n) is 1.59. The lowest BCUT2D eigenvalue weighted by molar-refractivity contribution is 0.397. The summed E-state index contributed by atoms with van der Waals surface area (Å²) < 4.78 is 5.62. The molecule has 54 valence electrons. The number of nitrogens with two attached hydrogens (primary N) is 1. The molecular weight excluding hydrogens is 245 g/mol. The molecule has 0 spiro atoms. The van der Waals surface area contributed by atoms with Crippen molar-refractivity contribution in [3.05, 3.63) is 9.77 Å². The molecule has 0 aromatic carbocycles. The molecule has 0 atom stereocenters. The first-order valence-corrected chi connectivity index (χ1v) is 3.64. The van der Waals surface area contributed by atoms with Gasteiger partial charge in [-0.05, 0) is 22.6 Å². The highest BCUT2D eigenvalue weighted by atomic mass is 127. The standard InChI is InChI=1S/C5H6IN3O/c1-10-4-2-3(6)8-5(7)9-4/h2H,1H3,(H2,7,8,9). The Bertz CT molecular complexity index is 220. The van der Waals surface area contributed by atoms with E-state index in [0.717, 1.165) is 3.70 Å². The molecule has 0 radical (unpaired) electrons. The van der Waals surface area contributed by atoms with Crippen LogP contribution in [0.2, 0.25) is 0 Å². The number of ether oxygens (including phenoxy) is 1. The highest BCUT2D eigenvalue weighted by molar-refractivity contribution is 14.1. The molecular formula is C5H6IN3O. The van der Waals surface area contributed by atoms with Crippen LogP contribution in [0.25, 0.3) is 0 Å². The van der Waals surface area contributed by atoms with Crippen LogP contribution >= 0.6 is 22.6 Å². The maximum absolute atomic E-state index is 5.33. The fourth-order valence-corrected chi connectivity index (χ4v) is 1.03. The van der Waals surface area contributed by atoms with E-state index in [-0.39, 0.29) is 5.95 Å². The fourth-order valence-electron chi connectivity index (χ4n) is 0.518. The first kappa shape index (κ1) is 7.52. The molecule has 0 bridgehead atoms. The molecule has 0 saturated heterocycles. The second-order valence-corrected chi connectivity index (χ2v) is 2.70. The zero-order valence-electron chi connectivity index (χ0n) is 5.34. The van der Waals surface area contributed by atoms with E-state index < -0.39 is 0 Å². The van der Waals surface area contributed by atoms with Crippen LogP contribution in [0.5, 0.6) is 5.88 Å². The van der Waals surface area contributed by atoms with Crippen LogP contribution in [0.15, 0.2) is 6.07 Å². The molecule has 10 heavy (non-hydrogen) atoms. The highest BCUT2D eigenvalue weighted by Crippen LogP contribution is 2.10. The molecule has 1 aromatic rings. The van der Waals surface area contributed by atoms with E-state index in [1.165, 1.54) is 7.11 Å². The van der Waals surface area contributed by atoms with Crippen LogP contribution in [0, 0.1) is 3.70 Å². The minimum absolute atomic E-state index is 0.240. The fraction of sp³-hybridized carbons (Fsp3) is 0.200. The monoisotopic (exact) mass is 251 g/mol. The Balaban J connectivity index is 3.06. The summed E-state index contributed by atoms with van der Waals surface area (Å²) in [5, 5.41) is 0. The summed E-state index contributed by atoms with van der Waals surface area (Å²) in [5.41, 5.74) is 5.33. The van der Waals surface area contributed by atoms with Crippen LogP contribution in [0.3, 0.4) is 0 Å². The molecule has 0 aliphatic heterocycles. The van der Waals surface area contributed by atoms with Gasteiger partial charge >= 0.3 is 0 Å². The Morgan fingerprint density at radius 2 is 2.30 bits per heavy atom. The van der Waals surface area contributed by atoms with Crippen LogP contribution < -0.4 is 10.5 Å². The van der Waals surface area contributed by atoms with E-state index in [4.69, 9.17) is 10.5 Å². The average molecular weight is 251 g/mol. The first-order valence-electron chi connectivity index (χ1n) is 2.56. The molecule has 0 amide bonds. The van der Waals surface area contributed by atoms with E-state index >= 15 is 0 Å². The summed E-state index contributed by atoms with van der Waals surface area (Å²) in [5.74, 6) is 0.737. The van der Waals surface area contributed by atoms with Crippen molar-refractivity contribution >= 4 is 28.5 Å². The molecule has 0 aliphatic carbocycles. The third-order valence-electron chi connectivity index (χ3n) is 0.898. The van der Waals surface area contributed by atoms with Gasteiger partial charge in [0.25, 0.3) is 0 Å². The Morgan fingerprint density at radius 3 is 2.80 bits per heavy atom. The minimum Gasteiger partial charge on any atom is -0.481 e. The van der Waals surface area contributed by atoms with Crippen molar-refractivity contribution < 1.29 is 4.74 Å². The molecule has 4 nitrogen and oxygen atoms in total. The predicted molar refractivity (Wildman–Crippen MR) is 45.7 cm³/mol. The van der Waals surface area contributed by atoms with Crippen LogP contribution in [-0.2, 0) is 0 Å². The molecule has 1 heterocycles. The highest BCUT2D eigenvalue weighted by Gasteiger charge is 1.97. The van der Waals surface area contributed by atoms with Gasteiger partial charge in [-0.3, -0.25) is 0 Å². The lowest BCUT2D eigenvalue weighted by Gasteiger charge is -1.98. The SMILES string of the molecule is COc1cc(I)nc(N)n1. The van der Waals surface area contributed by atoms with Crippen molar-refractivity contribution in [2.45, 2.75) is 0 Å². The van der Waals surface area contributed by atoms with Crippen molar-refractivity contribution in [2.24, 2.45) is 0 Å². The molecule has 0 aliphatic rings. The summed E-state index contributed by atoms with van der Waals surface area (Å²) in [7, 11) is 1.54. The Labute approximate surface area is 72.0 Å². The number of methoxy groups -OCH3 is 1. The van der Waals surface area contributed by atoms with Crippen LogP contribution in [-0.4, -0.2) is 17.1 Å². The van der Waals surface area contributed by atoms with Crippen LogP contribution in [0.4, 0.5) is 5.95 Å². The normalized spacial score (nSPS) is 9.40. The third kappa shape index (κ3) is 1.69. The van der Waals surface area contributed by atoms with Gasteiger partial charge in [-0.1, -0.05) is 0 Å². The zero-order valence-corrected chi connectivity index (χ0v) is 7.49. The third-order valence-corrected chi connectivity index (χ3v) is 1.45. The second kappa shape index (κ2) is 3.00. The molecule has 0 unspecified atom stereocenters. The predicted octanol–water partition coefficient (Wildman–Crippen LogP) is 0.672. The van der Waals surface area contributed by atoms with Gasteiger partial charge in [0, 0.05) is 6.07 Å². The number of halogens is 1. The molecule has 2 N–H and O–H groups in total. The van der Waals surface area contributed by atoms with Gasteiger partial charge in [0.1, 0.15) is 3.70 Å². The lowest BCUT2D eigenvalue weighted by atomic mass is 10.6. The van der Waals surface area contributed by atoms with Crippen molar-refractivity contribution in [3.63, 3.8) is 0 Å². The summed E-state index contributed by atoms with van der Waals surface area (Å²) in [6.07, 6.45) is 0. The number of nitrogens with zero attached hydrogens (tertiary/aromatic N) is 2. The zero-order chi connectivity index (χ0) is 7.56. The molecule has 0 saturated carbocycles. The largest absolute Gasteiger partial charge is 0.481 e.